The van der Waals surface area contributed by atoms with Crippen LogP contribution in [0.1, 0.15) is 16.5 Å². The Morgan fingerprint density at radius 1 is 1.18 bits per heavy atom. The van der Waals surface area contributed by atoms with Gasteiger partial charge in [-0.15, -0.1) is 11.3 Å². The zero-order valence-electron chi connectivity index (χ0n) is 11.7. The van der Waals surface area contributed by atoms with Gasteiger partial charge in [0.05, 0.1) is 15.0 Å². The topological polar surface area (TPSA) is 35.5 Å². The number of nitrogens with one attached hydrogen (secondary N) is 1. The van der Waals surface area contributed by atoms with Crippen molar-refractivity contribution in [1.82, 2.24) is 10.2 Å². The van der Waals surface area contributed by atoms with E-state index in [0.29, 0.717) is 4.47 Å². The van der Waals surface area contributed by atoms with Gasteiger partial charge in [0, 0.05) is 41.1 Å². The number of piperazine rings is 1. The summed E-state index contributed by atoms with van der Waals surface area (Å²) in [5, 5.41) is 15.8. The second-order valence-corrected chi connectivity index (χ2v) is 8.60. The molecule has 1 atom stereocenters. The van der Waals surface area contributed by atoms with Crippen LogP contribution < -0.4 is 5.32 Å². The highest BCUT2D eigenvalue weighted by atomic mass is 79.9. The van der Waals surface area contributed by atoms with Gasteiger partial charge in [0.1, 0.15) is 5.75 Å². The molecule has 0 unspecified atom stereocenters. The molecule has 0 spiro atoms. The van der Waals surface area contributed by atoms with Gasteiger partial charge >= 0.3 is 0 Å². The average Bonchev–Trinajstić information content (AvgIpc) is 3.04. The smallest absolute Gasteiger partial charge is 0.144 e. The summed E-state index contributed by atoms with van der Waals surface area (Å²) >= 11 is 12.4. The lowest BCUT2D eigenvalue weighted by Gasteiger charge is -2.35. The van der Waals surface area contributed by atoms with Crippen LogP contribution in [0.3, 0.4) is 0 Å². The highest BCUT2D eigenvalue weighted by Crippen LogP contribution is 2.46. The third kappa shape index (κ3) is 3.30. The van der Waals surface area contributed by atoms with E-state index in [1.807, 2.05) is 6.07 Å². The molecule has 0 aliphatic carbocycles. The van der Waals surface area contributed by atoms with E-state index < -0.39 is 0 Å². The third-order valence-electron chi connectivity index (χ3n) is 3.78. The molecule has 22 heavy (non-hydrogen) atoms. The molecule has 0 radical (unpaired) electrons. The predicted octanol–water partition coefficient (Wildman–Crippen LogP) is 4.74. The summed E-state index contributed by atoms with van der Waals surface area (Å²) in [5.74, 6) is 0.245. The van der Waals surface area contributed by atoms with Gasteiger partial charge in [-0.3, -0.25) is 4.90 Å². The number of rotatable bonds is 3. The molecule has 2 N–H and O–H groups in total. The number of aromatic hydroxyl groups is 1. The van der Waals surface area contributed by atoms with Crippen LogP contribution in [0.15, 0.2) is 37.0 Å². The maximum absolute atomic E-state index is 10.3. The largest absolute Gasteiger partial charge is 0.506 e. The fraction of sp³-hybridized carbons (Fsp3) is 0.333. The van der Waals surface area contributed by atoms with Crippen molar-refractivity contribution in [3.05, 3.63) is 47.4 Å². The first-order chi connectivity index (χ1) is 10.6. The Morgan fingerprint density at radius 2 is 1.91 bits per heavy atom. The minimum atomic E-state index is 0.129. The Labute approximate surface area is 159 Å². The highest BCUT2D eigenvalue weighted by Gasteiger charge is 2.29. The molecule has 3 nitrogen and oxygen atoms in total. The number of halogens is 3. The summed E-state index contributed by atoms with van der Waals surface area (Å²) in [6.07, 6.45) is 0. The lowest BCUT2D eigenvalue weighted by molar-refractivity contribution is 0.199. The van der Waals surface area contributed by atoms with Crippen molar-refractivity contribution in [2.45, 2.75) is 6.04 Å². The molecular weight excluding hydrogens is 496 g/mol. The maximum Gasteiger partial charge on any atom is 0.144 e. The van der Waals surface area contributed by atoms with Gasteiger partial charge in [-0.25, -0.2) is 0 Å². The van der Waals surface area contributed by atoms with E-state index in [4.69, 9.17) is 0 Å². The fourth-order valence-corrected chi connectivity index (χ4v) is 6.16. The standard InChI is InChI=1S/C15H15Br3N2OS/c16-9-8-10(17)15(21)13(18)12(9)14(11-2-1-7-22-11)20-5-3-19-4-6-20/h1-2,7-8,14,19,21H,3-6H2/t14-/m1/s1. The predicted molar refractivity (Wildman–Crippen MR) is 102 cm³/mol. The minimum Gasteiger partial charge on any atom is -0.506 e. The molecule has 0 saturated carbocycles. The zero-order chi connectivity index (χ0) is 15.7. The van der Waals surface area contributed by atoms with E-state index in [1.54, 1.807) is 11.3 Å². The van der Waals surface area contributed by atoms with Gasteiger partial charge in [-0.1, -0.05) is 22.0 Å². The van der Waals surface area contributed by atoms with Crippen LogP contribution in [0.2, 0.25) is 0 Å². The van der Waals surface area contributed by atoms with Gasteiger partial charge in [-0.05, 0) is 49.4 Å². The highest BCUT2D eigenvalue weighted by molar-refractivity contribution is 9.11. The Bertz CT molecular complexity index is 657. The van der Waals surface area contributed by atoms with Gasteiger partial charge in [0.2, 0.25) is 0 Å². The Hall–Kier alpha value is 0.0800. The second-order valence-electron chi connectivity index (χ2n) is 5.12. The number of phenols is 1. The molecule has 1 fully saturated rings. The van der Waals surface area contributed by atoms with Crippen LogP contribution in [0.4, 0.5) is 0 Å². The first kappa shape index (κ1) is 16.9. The third-order valence-corrected chi connectivity index (χ3v) is 6.77. The van der Waals surface area contributed by atoms with E-state index in [1.165, 1.54) is 4.88 Å². The van der Waals surface area contributed by atoms with Crippen LogP contribution in [0.5, 0.6) is 5.75 Å². The molecule has 3 rings (SSSR count). The number of benzene rings is 1. The number of phenolic OH excluding ortho intramolecular Hbond substituents is 1. The number of thiophene rings is 1. The molecule has 2 heterocycles. The van der Waals surface area contributed by atoms with Crippen LogP contribution in [-0.4, -0.2) is 36.2 Å². The van der Waals surface area contributed by atoms with Crippen LogP contribution in [-0.2, 0) is 0 Å². The number of nitrogens with zero attached hydrogens (tertiary/aromatic N) is 1. The van der Waals surface area contributed by atoms with Crippen molar-refractivity contribution >= 4 is 59.1 Å². The molecule has 1 aliphatic rings. The SMILES string of the molecule is Oc1c(Br)cc(Br)c([C@@H](c2cccs2)N2CCNCC2)c1Br. The fourth-order valence-electron chi connectivity index (χ4n) is 2.74. The van der Waals surface area contributed by atoms with Crippen molar-refractivity contribution in [3.63, 3.8) is 0 Å². The molecule has 1 aliphatic heterocycles. The van der Waals surface area contributed by atoms with E-state index in [2.05, 4.69) is 75.5 Å². The summed E-state index contributed by atoms with van der Waals surface area (Å²) < 4.78 is 2.41. The van der Waals surface area contributed by atoms with Crippen molar-refractivity contribution in [3.8, 4) is 5.75 Å². The lowest BCUT2D eigenvalue weighted by atomic mass is 10.0. The molecule has 1 aromatic heterocycles. The first-order valence-electron chi connectivity index (χ1n) is 6.94. The van der Waals surface area contributed by atoms with E-state index in [-0.39, 0.29) is 11.8 Å². The van der Waals surface area contributed by atoms with Crippen LogP contribution in [0.25, 0.3) is 0 Å². The van der Waals surface area contributed by atoms with Crippen molar-refractivity contribution in [2.24, 2.45) is 0 Å². The summed E-state index contributed by atoms with van der Waals surface area (Å²) in [6.45, 7) is 3.94. The number of hydrogen-bond donors (Lipinski definition) is 2. The van der Waals surface area contributed by atoms with E-state index in [9.17, 15) is 5.11 Å². The Balaban J connectivity index is 2.12. The second kappa shape index (κ2) is 7.32. The van der Waals surface area contributed by atoms with E-state index in [0.717, 1.165) is 40.7 Å². The minimum absolute atomic E-state index is 0.129. The number of hydrogen-bond acceptors (Lipinski definition) is 4. The molecule has 2 aromatic rings. The molecule has 1 aromatic carbocycles. The van der Waals surface area contributed by atoms with Gasteiger partial charge in [-0.2, -0.15) is 0 Å². The Morgan fingerprint density at radius 3 is 2.55 bits per heavy atom. The Kier molecular flexibility index (Phi) is 5.63. The van der Waals surface area contributed by atoms with Crippen molar-refractivity contribution in [1.29, 1.82) is 0 Å². The molecular formula is C15H15Br3N2OS. The molecule has 118 valence electrons. The van der Waals surface area contributed by atoms with Crippen LogP contribution in [0, 0.1) is 0 Å². The molecule has 0 amide bonds. The summed E-state index contributed by atoms with van der Waals surface area (Å²) in [7, 11) is 0. The quantitative estimate of drug-likeness (QED) is 0.626. The first-order valence-corrected chi connectivity index (χ1v) is 10.2. The van der Waals surface area contributed by atoms with Gasteiger partial charge < -0.3 is 10.4 Å². The molecule has 1 saturated heterocycles. The van der Waals surface area contributed by atoms with Crippen molar-refractivity contribution in [2.75, 3.05) is 26.2 Å². The van der Waals surface area contributed by atoms with Crippen molar-refractivity contribution < 1.29 is 5.11 Å². The monoisotopic (exact) mass is 508 g/mol. The molecule has 7 heteroatoms. The summed E-state index contributed by atoms with van der Waals surface area (Å²) in [5.41, 5.74) is 1.07. The van der Waals surface area contributed by atoms with Crippen LogP contribution >= 0.6 is 59.1 Å². The van der Waals surface area contributed by atoms with Gasteiger partial charge in [0.15, 0.2) is 0 Å². The maximum atomic E-state index is 10.3. The normalized spacial score (nSPS) is 17.6. The van der Waals surface area contributed by atoms with Gasteiger partial charge in [0.25, 0.3) is 0 Å². The average molecular weight is 511 g/mol. The summed E-state index contributed by atoms with van der Waals surface area (Å²) in [6, 6.07) is 6.29. The lowest BCUT2D eigenvalue weighted by Crippen LogP contribution is -2.45. The molecule has 0 bridgehead atoms. The zero-order valence-corrected chi connectivity index (χ0v) is 17.2. The summed E-state index contributed by atoms with van der Waals surface area (Å²) in [4.78, 5) is 3.74. The van der Waals surface area contributed by atoms with E-state index >= 15 is 0 Å².